The van der Waals surface area contributed by atoms with Gasteiger partial charge in [-0.1, -0.05) is 30.3 Å². The lowest BCUT2D eigenvalue weighted by Gasteiger charge is -2.04. The summed E-state index contributed by atoms with van der Waals surface area (Å²) in [6.07, 6.45) is 1.82. The Labute approximate surface area is 115 Å². The Morgan fingerprint density at radius 2 is 1.89 bits per heavy atom. The van der Waals surface area contributed by atoms with Gasteiger partial charge >= 0.3 is 0 Å². The molecule has 0 amide bonds. The van der Waals surface area contributed by atoms with Crippen LogP contribution in [0.1, 0.15) is 5.01 Å². The summed E-state index contributed by atoms with van der Waals surface area (Å²) in [5, 5.41) is 1.01. The van der Waals surface area contributed by atoms with Gasteiger partial charge in [-0.2, -0.15) is 0 Å². The van der Waals surface area contributed by atoms with Crippen molar-refractivity contribution >= 4 is 17.2 Å². The van der Waals surface area contributed by atoms with Crippen LogP contribution in [-0.2, 0) is 0 Å². The van der Waals surface area contributed by atoms with Crippen LogP contribution in [0, 0.1) is 6.92 Å². The highest BCUT2D eigenvalue weighted by atomic mass is 32.1. The monoisotopic (exact) mass is 268 g/mol. The molecule has 0 saturated carbocycles. The minimum absolute atomic E-state index is 0.468. The van der Waals surface area contributed by atoms with E-state index >= 15 is 0 Å². The predicted octanol–water partition coefficient (Wildman–Crippen LogP) is 3.16. The van der Waals surface area contributed by atoms with Crippen molar-refractivity contribution in [1.29, 1.82) is 0 Å². The first-order valence-electron chi connectivity index (χ1n) is 5.85. The van der Waals surface area contributed by atoms with Crippen molar-refractivity contribution in [3.8, 4) is 22.0 Å². The molecule has 0 aliphatic heterocycles. The molecule has 2 heterocycles. The van der Waals surface area contributed by atoms with Gasteiger partial charge in [0.05, 0.1) is 15.6 Å². The highest BCUT2D eigenvalue weighted by Crippen LogP contribution is 2.27. The van der Waals surface area contributed by atoms with Gasteiger partial charge in [0.15, 0.2) is 5.82 Å². The van der Waals surface area contributed by atoms with Crippen LogP contribution in [0.2, 0.25) is 0 Å². The molecule has 2 N–H and O–H groups in total. The van der Waals surface area contributed by atoms with Gasteiger partial charge in [0.1, 0.15) is 5.82 Å². The van der Waals surface area contributed by atoms with Gasteiger partial charge in [-0.25, -0.2) is 15.0 Å². The lowest BCUT2D eigenvalue weighted by molar-refractivity contribution is 1.19. The number of rotatable bonds is 2. The number of nitrogens with two attached hydrogens (primary N) is 1. The van der Waals surface area contributed by atoms with Gasteiger partial charge in [-0.05, 0) is 6.92 Å². The molecule has 0 fully saturated rings. The number of aromatic nitrogens is 3. The van der Waals surface area contributed by atoms with E-state index in [0.717, 1.165) is 21.1 Å². The minimum atomic E-state index is 0.468. The molecular formula is C14H12N4S. The number of hydrogen-bond acceptors (Lipinski definition) is 5. The van der Waals surface area contributed by atoms with E-state index < -0.39 is 0 Å². The Balaban J connectivity index is 2.11. The fourth-order valence-corrected chi connectivity index (χ4v) is 2.53. The van der Waals surface area contributed by atoms with E-state index in [1.54, 1.807) is 17.4 Å². The molecule has 1 aromatic carbocycles. The molecule has 0 spiro atoms. The summed E-state index contributed by atoms with van der Waals surface area (Å²) in [5.41, 5.74) is 7.65. The van der Waals surface area contributed by atoms with Crippen molar-refractivity contribution in [3.05, 3.63) is 47.6 Å². The van der Waals surface area contributed by atoms with Gasteiger partial charge in [0, 0.05) is 17.8 Å². The second-order valence-electron chi connectivity index (χ2n) is 4.11. The van der Waals surface area contributed by atoms with Gasteiger partial charge in [0.2, 0.25) is 0 Å². The largest absolute Gasteiger partial charge is 0.384 e. The number of nitrogen functional groups attached to an aromatic ring is 1. The van der Waals surface area contributed by atoms with Crippen molar-refractivity contribution in [1.82, 2.24) is 15.0 Å². The summed E-state index contributed by atoms with van der Waals surface area (Å²) in [4.78, 5) is 14.1. The summed E-state index contributed by atoms with van der Waals surface area (Å²) in [6.45, 7) is 1.97. The summed E-state index contributed by atoms with van der Waals surface area (Å²) in [5.74, 6) is 1.11. The van der Waals surface area contributed by atoms with E-state index in [1.807, 2.05) is 43.5 Å². The molecule has 94 valence electrons. The van der Waals surface area contributed by atoms with Crippen LogP contribution in [0.25, 0.3) is 22.0 Å². The first kappa shape index (κ1) is 11.8. The molecule has 0 radical (unpaired) electrons. The Morgan fingerprint density at radius 3 is 2.58 bits per heavy atom. The third kappa shape index (κ3) is 2.46. The average Bonchev–Trinajstić information content (AvgIpc) is 2.86. The number of thiazole rings is 1. The molecule has 0 unspecified atom stereocenters. The standard InChI is InChI=1S/C14H12N4S/c1-9-16-8-12(19-9)11-7-13(15)18-14(17-11)10-5-3-2-4-6-10/h2-8H,1H3,(H2,15,17,18). The lowest BCUT2D eigenvalue weighted by atomic mass is 10.2. The number of benzene rings is 1. The van der Waals surface area contributed by atoms with Crippen molar-refractivity contribution in [3.63, 3.8) is 0 Å². The Morgan fingerprint density at radius 1 is 1.11 bits per heavy atom. The quantitative estimate of drug-likeness (QED) is 0.775. The lowest BCUT2D eigenvalue weighted by Crippen LogP contribution is -1.97. The Kier molecular flexibility index (Phi) is 2.97. The third-order valence-electron chi connectivity index (χ3n) is 2.65. The van der Waals surface area contributed by atoms with E-state index in [1.165, 1.54) is 0 Å². The zero-order chi connectivity index (χ0) is 13.2. The SMILES string of the molecule is Cc1ncc(-c2cc(N)nc(-c3ccccc3)n2)s1. The van der Waals surface area contributed by atoms with Crippen molar-refractivity contribution in [2.24, 2.45) is 0 Å². The first-order valence-corrected chi connectivity index (χ1v) is 6.67. The van der Waals surface area contributed by atoms with Crippen LogP contribution in [0.3, 0.4) is 0 Å². The molecule has 0 aliphatic carbocycles. The number of nitrogens with zero attached hydrogens (tertiary/aromatic N) is 3. The number of hydrogen-bond donors (Lipinski definition) is 1. The van der Waals surface area contributed by atoms with Crippen LogP contribution in [0.5, 0.6) is 0 Å². The Bertz CT molecular complexity index is 706. The van der Waals surface area contributed by atoms with E-state index in [-0.39, 0.29) is 0 Å². The highest BCUT2D eigenvalue weighted by molar-refractivity contribution is 7.15. The van der Waals surface area contributed by atoms with E-state index in [0.29, 0.717) is 11.6 Å². The maximum absolute atomic E-state index is 5.87. The van der Waals surface area contributed by atoms with Crippen molar-refractivity contribution in [2.75, 3.05) is 5.73 Å². The fourth-order valence-electron chi connectivity index (χ4n) is 1.79. The minimum Gasteiger partial charge on any atom is -0.384 e. The molecule has 4 nitrogen and oxygen atoms in total. The number of aryl methyl sites for hydroxylation is 1. The van der Waals surface area contributed by atoms with E-state index in [9.17, 15) is 0 Å². The molecule has 5 heteroatoms. The van der Waals surface area contributed by atoms with Crippen LogP contribution < -0.4 is 5.73 Å². The third-order valence-corrected chi connectivity index (χ3v) is 3.59. The second kappa shape index (κ2) is 4.78. The van der Waals surface area contributed by atoms with Crippen LogP contribution in [0.15, 0.2) is 42.6 Å². The van der Waals surface area contributed by atoms with Gasteiger partial charge in [0.25, 0.3) is 0 Å². The van der Waals surface area contributed by atoms with Gasteiger partial charge in [-0.15, -0.1) is 11.3 Å². The molecule has 19 heavy (non-hydrogen) atoms. The normalized spacial score (nSPS) is 10.6. The van der Waals surface area contributed by atoms with Crippen molar-refractivity contribution in [2.45, 2.75) is 6.92 Å². The van der Waals surface area contributed by atoms with Crippen LogP contribution >= 0.6 is 11.3 Å². The van der Waals surface area contributed by atoms with E-state index in [4.69, 9.17) is 5.73 Å². The topological polar surface area (TPSA) is 64.7 Å². The van der Waals surface area contributed by atoms with Crippen LogP contribution in [0.4, 0.5) is 5.82 Å². The van der Waals surface area contributed by atoms with Gasteiger partial charge in [-0.3, -0.25) is 0 Å². The summed E-state index contributed by atoms with van der Waals surface area (Å²) in [6, 6.07) is 11.6. The predicted molar refractivity (Wildman–Crippen MR) is 77.7 cm³/mol. The molecule has 0 saturated heterocycles. The molecule has 3 rings (SSSR count). The molecule has 2 aromatic heterocycles. The molecule has 0 bridgehead atoms. The molecule has 0 atom stereocenters. The number of anilines is 1. The van der Waals surface area contributed by atoms with Gasteiger partial charge < -0.3 is 5.73 Å². The highest BCUT2D eigenvalue weighted by Gasteiger charge is 2.09. The van der Waals surface area contributed by atoms with E-state index in [2.05, 4.69) is 15.0 Å². The summed E-state index contributed by atoms with van der Waals surface area (Å²) < 4.78 is 0. The molecule has 3 aromatic rings. The average molecular weight is 268 g/mol. The zero-order valence-electron chi connectivity index (χ0n) is 10.4. The Hall–Kier alpha value is -2.27. The molecular weight excluding hydrogens is 256 g/mol. The second-order valence-corrected chi connectivity index (χ2v) is 5.35. The van der Waals surface area contributed by atoms with Crippen LogP contribution in [-0.4, -0.2) is 15.0 Å². The van der Waals surface area contributed by atoms with Crippen molar-refractivity contribution < 1.29 is 0 Å². The first-order chi connectivity index (χ1) is 9.22. The summed E-state index contributed by atoms with van der Waals surface area (Å²) in [7, 11) is 0. The maximum atomic E-state index is 5.87. The summed E-state index contributed by atoms with van der Waals surface area (Å²) >= 11 is 1.60. The fraction of sp³-hybridized carbons (Fsp3) is 0.0714. The maximum Gasteiger partial charge on any atom is 0.162 e. The smallest absolute Gasteiger partial charge is 0.162 e. The molecule has 0 aliphatic rings. The zero-order valence-corrected chi connectivity index (χ0v) is 11.2.